The molecule has 1 aliphatic rings. The maximum Gasteiger partial charge on any atom is 0.326 e. The number of rotatable bonds is 15. The lowest BCUT2D eigenvalue weighted by Crippen LogP contribution is -2.57. The Morgan fingerprint density at radius 3 is 2.38 bits per heavy atom. The van der Waals surface area contributed by atoms with Crippen molar-refractivity contribution in [1.29, 1.82) is 5.41 Å². The third-order valence-corrected chi connectivity index (χ3v) is 7.77. The normalized spacial score (nSPS) is 16.4. The summed E-state index contributed by atoms with van der Waals surface area (Å²) in [6.45, 7) is 3.63. The van der Waals surface area contributed by atoms with Crippen molar-refractivity contribution in [1.82, 2.24) is 26.2 Å². The van der Waals surface area contributed by atoms with Crippen LogP contribution in [0.3, 0.4) is 0 Å². The van der Waals surface area contributed by atoms with Crippen LogP contribution in [0.5, 0.6) is 0 Å². The maximum absolute atomic E-state index is 13.8. The van der Waals surface area contributed by atoms with E-state index >= 15 is 0 Å². The Labute approximate surface area is 262 Å². The average Bonchev–Trinajstić information content (AvgIpc) is 3.50. The fourth-order valence-electron chi connectivity index (χ4n) is 5.19. The van der Waals surface area contributed by atoms with E-state index in [1.807, 2.05) is 42.5 Å². The molecule has 1 saturated heterocycles. The Morgan fingerprint density at radius 1 is 1.00 bits per heavy atom. The van der Waals surface area contributed by atoms with Crippen LogP contribution in [0.25, 0.3) is 10.8 Å². The minimum atomic E-state index is -1.11. The molecule has 0 aromatic heterocycles. The van der Waals surface area contributed by atoms with Gasteiger partial charge in [-0.2, -0.15) is 0 Å². The van der Waals surface area contributed by atoms with Gasteiger partial charge < -0.3 is 42.7 Å². The number of carboxylic acid groups (broad SMARTS) is 1. The molecule has 4 amide bonds. The molecule has 1 aliphatic heterocycles. The van der Waals surface area contributed by atoms with Crippen molar-refractivity contribution >= 4 is 46.3 Å². The van der Waals surface area contributed by atoms with Gasteiger partial charge in [0.15, 0.2) is 5.96 Å². The van der Waals surface area contributed by atoms with Crippen LogP contribution in [0.15, 0.2) is 42.5 Å². The number of carboxylic acids is 1. The third kappa shape index (κ3) is 10.2. The van der Waals surface area contributed by atoms with Gasteiger partial charge in [0.1, 0.15) is 18.1 Å². The van der Waals surface area contributed by atoms with E-state index in [1.54, 1.807) is 13.8 Å². The second-order valence-corrected chi connectivity index (χ2v) is 11.6. The first-order valence-electron chi connectivity index (χ1n) is 15.1. The highest BCUT2D eigenvalue weighted by atomic mass is 16.4. The minimum absolute atomic E-state index is 0.0912. The number of aliphatic carboxylic acids is 1. The summed E-state index contributed by atoms with van der Waals surface area (Å²) >= 11 is 0. The van der Waals surface area contributed by atoms with Crippen LogP contribution in [-0.2, 0) is 30.4 Å². The first-order valence-corrected chi connectivity index (χ1v) is 15.1. The summed E-state index contributed by atoms with van der Waals surface area (Å²) in [6, 6.07) is 9.35. The Morgan fingerprint density at radius 2 is 1.71 bits per heavy atom. The summed E-state index contributed by atoms with van der Waals surface area (Å²) in [5.74, 6) is -3.83. The third-order valence-electron chi connectivity index (χ3n) is 7.77. The highest BCUT2D eigenvalue weighted by Crippen LogP contribution is 2.21. The van der Waals surface area contributed by atoms with Crippen molar-refractivity contribution in [3.8, 4) is 0 Å². The van der Waals surface area contributed by atoms with Crippen LogP contribution in [0.1, 0.15) is 45.1 Å². The van der Waals surface area contributed by atoms with Gasteiger partial charge in [-0.3, -0.25) is 24.6 Å². The van der Waals surface area contributed by atoms with Crippen molar-refractivity contribution in [2.75, 3.05) is 19.6 Å². The summed E-state index contributed by atoms with van der Waals surface area (Å²) in [5, 5.41) is 29.5. The summed E-state index contributed by atoms with van der Waals surface area (Å²) in [4.78, 5) is 65.7. The van der Waals surface area contributed by atoms with Gasteiger partial charge >= 0.3 is 5.97 Å². The number of carbonyl (C=O) groups is 5. The summed E-state index contributed by atoms with van der Waals surface area (Å²) in [7, 11) is 0. The first kappa shape index (κ1) is 34.8. The number of hydrogen-bond acceptors (Lipinski definition) is 7. The number of fused-ring (bicyclic) bond motifs is 1. The predicted octanol–water partition coefficient (Wildman–Crippen LogP) is -0.210. The van der Waals surface area contributed by atoms with E-state index in [0.29, 0.717) is 19.3 Å². The van der Waals surface area contributed by atoms with Crippen LogP contribution in [-0.4, -0.2) is 89.4 Å². The fraction of sp³-hybridized carbons (Fsp3) is 0.484. The Bertz CT molecular complexity index is 1400. The van der Waals surface area contributed by atoms with Crippen LogP contribution in [0, 0.1) is 11.3 Å². The molecule has 0 aliphatic carbocycles. The Balaban J connectivity index is 1.81. The number of nitrogens with two attached hydrogens (primary N) is 2. The molecule has 244 valence electrons. The number of carbonyl (C=O) groups excluding carboxylic acids is 4. The number of guanidine groups is 1. The quantitative estimate of drug-likeness (QED) is 0.0743. The van der Waals surface area contributed by atoms with Gasteiger partial charge in [0.05, 0.1) is 12.6 Å². The number of amides is 4. The van der Waals surface area contributed by atoms with Gasteiger partial charge in [-0.25, -0.2) is 4.79 Å². The molecule has 45 heavy (non-hydrogen) atoms. The fourth-order valence-corrected chi connectivity index (χ4v) is 5.19. The van der Waals surface area contributed by atoms with E-state index in [4.69, 9.17) is 16.9 Å². The first-order chi connectivity index (χ1) is 21.4. The van der Waals surface area contributed by atoms with Crippen molar-refractivity contribution in [2.45, 2.75) is 70.1 Å². The lowest BCUT2D eigenvalue weighted by atomic mass is 10.00. The van der Waals surface area contributed by atoms with Gasteiger partial charge in [-0.15, -0.1) is 0 Å². The van der Waals surface area contributed by atoms with Crippen molar-refractivity contribution in [3.63, 3.8) is 0 Å². The van der Waals surface area contributed by atoms with Gasteiger partial charge in [0.2, 0.25) is 23.6 Å². The Hall–Kier alpha value is -4.72. The number of hydrogen-bond donors (Lipinski definition) is 8. The lowest BCUT2D eigenvalue weighted by Gasteiger charge is -2.29. The minimum Gasteiger partial charge on any atom is -0.480 e. The van der Waals surface area contributed by atoms with Crippen molar-refractivity contribution < 1.29 is 29.1 Å². The summed E-state index contributed by atoms with van der Waals surface area (Å²) in [6.07, 6.45) is 1.38. The Kier molecular flexibility index (Phi) is 12.7. The molecule has 4 atom stereocenters. The maximum atomic E-state index is 13.8. The van der Waals surface area contributed by atoms with Gasteiger partial charge in [0.25, 0.3) is 0 Å². The molecule has 0 radical (unpaired) electrons. The lowest BCUT2D eigenvalue weighted by molar-refractivity contribution is -0.149. The molecular weight excluding hydrogens is 580 g/mol. The van der Waals surface area contributed by atoms with Crippen LogP contribution in [0.4, 0.5) is 0 Å². The van der Waals surface area contributed by atoms with E-state index in [-0.39, 0.29) is 37.8 Å². The summed E-state index contributed by atoms with van der Waals surface area (Å²) < 4.78 is 0. The topological polar surface area (TPSA) is 233 Å². The van der Waals surface area contributed by atoms with Gasteiger partial charge in [-0.1, -0.05) is 56.3 Å². The van der Waals surface area contributed by atoms with Crippen LogP contribution >= 0.6 is 0 Å². The standard InChI is InChI=1S/C31H44N8O6/c1-18(2)26(32)28(42)36-17-25(40)37-22(9-5-13-35-31(33)34)27(41)38-23(29(43)39-14-6-10-24(39)30(44)45)16-19-11-12-20-7-3-4-8-21(20)15-19/h3-4,7-8,11-12,15,18,22-24,26H,5-6,9-10,13-14,16-17,32H2,1-2H3,(H,36,42)(H,37,40)(H,38,41)(H,44,45)(H4,33,34,35)/t22-,23+,24-,26+/m0/s1. The molecule has 2 aromatic rings. The molecular formula is C31H44N8O6. The van der Waals surface area contributed by atoms with Crippen molar-refractivity contribution in [3.05, 3.63) is 48.0 Å². The molecule has 2 aromatic carbocycles. The van der Waals surface area contributed by atoms with E-state index in [1.165, 1.54) is 4.90 Å². The number of nitrogens with one attached hydrogen (secondary N) is 5. The highest BCUT2D eigenvalue weighted by molar-refractivity contribution is 5.95. The number of likely N-dealkylation sites (tertiary alicyclic amines) is 1. The molecule has 0 unspecified atom stereocenters. The number of benzene rings is 2. The van der Waals surface area contributed by atoms with E-state index in [9.17, 15) is 29.1 Å². The monoisotopic (exact) mass is 624 g/mol. The van der Waals surface area contributed by atoms with Crippen LogP contribution in [0.2, 0.25) is 0 Å². The average molecular weight is 625 g/mol. The largest absolute Gasteiger partial charge is 0.480 e. The van der Waals surface area contributed by atoms with Gasteiger partial charge in [0, 0.05) is 19.5 Å². The molecule has 1 heterocycles. The van der Waals surface area contributed by atoms with E-state index in [2.05, 4.69) is 21.3 Å². The second-order valence-electron chi connectivity index (χ2n) is 11.6. The molecule has 3 rings (SSSR count). The zero-order chi connectivity index (χ0) is 33.1. The van der Waals surface area contributed by atoms with Crippen molar-refractivity contribution in [2.24, 2.45) is 17.4 Å². The smallest absolute Gasteiger partial charge is 0.326 e. The zero-order valence-electron chi connectivity index (χ0n) is 25.7. The van der Waals surface area contributed by atoms with Gasteiger partial charge in [-0.05, 0) is 47.9 Å². The molecule has 14 nitrogen and oxygen atoms in total. The number of nitrogens with zero attached hydrogens (tertiary/aromatic N) is 1. The molecule has 0 bridgehead atoms. The van der Waals surface area contributed by atoms with Crippen LogP contribution < -0.4 is 32.7 Å². The molecule has 10 N–H and O–H groups in total. The summed E-state index contributed by atoms with van der Waals surface area (Å²) in [5.41, 5.74) is 12.0. The predicted molar refractivity (Wildman–Crippen MR) is 169 cm³/mol. The zero-order valence-corrected chi connectivity index (χ0v) is 25.7. The SMILES string of the molecule is CC(C)[C@@H](N)C(=O)NCC(=O)N[C@@H](CCCNC(=N)N)C(=O)N[C@H](Cc1ccc2ccccc2c1)C(=O)N1CCC[C@H]1C(=O)O. The molecule has 0 saturated carbocycles. The highest BCUT2D eigenvalue weighted by Gasteiger charge is 2.38. The molecule has 14 heteroatoms. The van der Waals surface area contributed by atoms with E-state index in [0.717, 1.165) is 16.3 Å². The molecule has 1 fully saturated rings. The van der Waals surface area contributed by atoms with E-state index < -0.39 is 60.3 Å². The molecule has 0 spiro atoms. The second kappa shape index (κ2) is 16.4.